The number of hydrogen-bond donors (Lipinski definition) is 2. The summed E-state index contributed by atoms with van der Waals surface area (Å²) in [5.41, 5.74) is 0.858. The summed E-state index contributed by atoms with van der Waals surface area (Å²) in [6, 6.07) is 3.13. The molecule has 12 heteroatoms. The summed E-state index contributed by atoms with van der Waals surface area (Å²) < 4.78 is 55.0. The second-order valence-electron chi connectivity index (χ2n) is 10.9. The smallest absolute Gasteiger partial charge is 0.339 e. The van der Waals surface area contributed by atoms with Crippen LogP contribution in [0.4, 0.5) is 23.2 Å². The van der Waals surface area contributed by atoms with Crippen LogP contribution in [0.1, 0.15) is 67.1 Å². The number of rotatable bonds is 11. The number of likely N-dealkylation sites (N-methyl/N-ethyl adjacent to an activating group) is 1. The highest BCUT2D eigenvalue weighted by molar-refractivity contribution is 6.01. The van der Waals surface area contributed by atoms with E-state index in [-0.39, 0.29) is 17.2 Å². The molecule has 8 nitrogen and oxygen atoms in total. The van der Waals surface area contributed by atoms with Crippen LogP contribution in [0.25, 0.3) is 0 Å². The van der Waals surface area contributed by atoms with E-state index in [0.717, 1.165) is 38.8 Å². The topological polar surface area (TPSA) is 96.3 Å². The van der Waals surface area contributed by atoms with E-state index < -0.39 is 48.2 Å². The number of aryl methyl sites for hydroxylation is 2. The molecule has 0 radical (unpaired) electrons. The minimum Gasteiger partial charge on any atom is -0.339 e. The molecule has 2 aliphatic rings. The molecule has 2 atom stereocenters. The van der Waals surface area contributed by atoms with Crippen molar-refractivity contribution in [3.05, 3.63) is 47.0 Å². The maximum absolute atomic E-state index is 15.3. The molecule has 218 valence electrons. The van der Waals surface area contributed by atoms with Crippen molar-refractivity contribution in [1.29, 1.82) is 0 Å². The van der Waals surface area contributed by atoms with Crippen LogP contribution in [0.15, 0.2) is 24.4 Å². The zero-order valence-corrected chi connectivity index (χ0v) is 23.0. The lowest BCUT2D eigenvalue weighted by Crippen LogP contribution is -2.50. The van der Waals surface area contributed by atoms with Gasteiger partial charge >= 0.3 is 6.18 Å². The van der Waals surface area contributed by atoms with Gasteiger partial charge < -0.3 is 15.5 Å². The molecule has 3 amide bonds. The monoisotopic (exact) mass is 565 g/mol. The Labute approximate surface area is 230 Å². The van der Waals surface area contributed by atoms with Crippen molar-refractivity contribution in [2.24, 2.45) is 17.8 Å². The number of anilines is 1. The number of halogens is 4. The molecule has 2 fully saturated rings. The predicted molar refractivity (Wildman–Crippen MR) is 140 cm³/mol. The molecule has 4 rings (SSSR count). The molecule has 0 saturated heterocycles. The van der Waals surface area contributed by atoms with E-state index in [1.165, 1.54) is 23.9 Å². The maximum atomic E-state index is 15.3. The third kappa shape index (κ3) is 6.82. The van der Waals surface area contributed by atoms with Gasteiger partial charge in [-0.05, 0) is 93.5 Å². The van der Waals surface area contributed by atoms with Gasteiger partial charge in [0.1, 0.15) is 24.1 Å². The highest BCUT2D eigenvalue weighted by atomic mass is 19.4. The van der Waals surface area contributed by atoms with Crippen molar-refractivity contribution < 1.29 is 31.9 Å². The fourth-order valence-electron chi connectivity index (χ4n) is 5.50. The molecule has 2 aliphatic carbocycles. The number of aromatic nitrogens is 2. The number of nitrogens with zero attached hydrogens (tertiary/aromatic N) is 3. The first-order valence-electron chi connectivity index (χ1n) is 13.6. The van der Waals surface area contributed by atoms with Crippen LogP contribution >= 0.6 is 0 Å². The van der Waals surface area contributed by atoms with Gasteiger partial charge in [-0.2, -0.15) is 18.3 Å². The van der Waals surface area contributed by atoms with Crippen molar-refractivity contribution in [3.8, 4) is 0 Å². The van der Waals surface area contributed by atoms with Gasteiger partial charge in [0.05, 0.1) is 11.6 Å². The van der Waals surface area contributed by atoms with Gasteiger partial charge in [-0.15, -0.1) is 0 Å². The lowest BCUT2D eigenvalue weighted by atomic mass is 9.88. The molecule has 2 saturated carbocycles. The predicted octanol–water partition coefficient (Wildman–Crippen LogP) is 4.65. The van der Waals surface area contributed by atoms with E-state index >= 15 is 4.39 Å². The molecule has 1 aromatic carbocycles. The second-order valence-corrected chi connectivity index (χ2v) is 10.9. The lowest BCUT2D eigenvalue weighted by molar-refractivity contribution is -0.159. The quantitative estimate of drug-likeness (QED) is 0.388. The minimum absolute atomic E-state index is 0.0767. The standard InChI is InChI=1S/C28H35F4N5O3/c1-5-37-22(10-11-33-37)25(38)35-24(23(17-6-7-17)18-8-9-18)26(39)34-21-12-15(2)19(13-20(21)29)16(3)27(40)36(4)14-28(30,31)32/h10-13,16-18,23-24H,5-9,14H2,1-4H3,(H,34,39)(H,35,38). The first-order valence-corrected chi connectivity index (χ1v) is 13.6. The lowest BCUT2D eigenvalue weighted by Gasteiger charge is -2.28. The molecule has 0 spiro atoms. The van der Waals surface area contributed by atoms with Gasteiger partial charge in [-0.3, -0.25) is 19.1 Å². The molecule has 2 N–H and O–H groups in total. The Morgan fingerprint density at radius 1 is 1.15 bits per heavy atom. The summed E-state index contributed by atoms with van der Waals surface area (Å²) in [7, 11) is 1.05. The number of alkyl halides is 3. The summed E-state index contributed by atoms with van der Waals surface area (Å²) in [5, 5.41) is 9.64. The van der Waals surface area contributed by atoms with Crippen LogP contribution in [0.2, 0.25) is 0 Å². The van der Waals surface area contributed by atoms with E-state index in [0.29, 0.717) is 34.5 Å². The first kappa shape index (κ1) is 29.5. The molecule has 40 heavy (non-hydrogen) atoms. The summed E-state index contributed by atoms with van der Waals surface area (Å²) in [6.07, 6.45) is 0.808. The van der Waals surface area contributed by atoms with Crippen LogP contribution in [0.5, 0.6) is 0 Å². The first-order chi connectivity index (χ1) is 18.8. The van der Waals surface area contributed by atoms with Gasteiger partial charge in [0.25, 0.3) is 5.91 Å². The zero-order chi connectivity index (χ0) is 29.4. The third-order valence-corrected chi connectivity index (χ3v) is 7.78. The van der Waals surface area contributed by atoms with E-state index in [1.807, 2.05) is 6.92 Å². The Bertz CT molecular complexity index is 1260. The number of nitrogens with one attached hydrogen (secondary N) is 2. The van der Waals surface area contributed by atoms with Crippen LogP contribution in [0, 0.1) is 30.5 Å². The average Bonchev–Trinajstić information content (AvgIpc) is 3.82. The summed E-state index contributed by atoms with van der Waals surface area (Å²) >= 11 is 0. The summed E-state index contributed by atoms with van der Waals surface area (Å²) in [6.45, 7) is 3.92. The molecular formula is C28H35F4N5O3. The van der Waals surface area contributed by atoms with E-state index in [9.17, 15) is 27.6 Å². The van der Waals surface area contributed by atoms with E-state index in [2.05, 4.69) is 15.7 Å². The summed E-state index contributed by atoms with van der Waals surface area (Å²) in [4.78, 5) is 39.9. The number of carbonyl (C=O) groups excluding carboxylic acids is 3. The highest BCUT2D eigenvalue weighted by Gasteiger charge is 2.48. The second kappa shape index (κ2) is 11.6. The van der Waals surface area contributed by atoms with E-state index in [1.54, 1.807) is 13.0 Å². The highest BCUT2D eigenvalue weighted by Crippen LogP contribution is 2.51. The molecule has 0 bridgehead atoms. The maximum Gasteiger partial charge on any atom is 0.406 e. The van der Waals surface area contributed by atoms with Crippen LogP contribution in [-0.4, -0.2) is 58.2 Å². The molecule has 0 aliphatic heterocycles. The fraction of sp³-hybridized carbons (Fsp3) is 0.571. The molecule has 2 aromatic rings. The normalized spacial score (nSPS) is 16.9. The van der Waals surface area contributed by atoms with Gasteiger partial charge in [0.2, 0.25) is 11.8 Å². The van der Waals surface area contributed by atoms with Crippen molar-refractivity contribution >= 4 is 23.4 Å². The van der Waals surface area contributed by atoms with Gasteiger partial charge in [-0.25, -0.2) is 4.39 Å². The van der Waals surface area contributed by atoms with Crippen molar-refractivity contribution in [2.75, 3.05) is 18.9 Å². The zero-order valence-electron chi connectivity index (χ0n) is 23.0. The van der Waals surface area contributed by atoms with Gasteiger partial charge in [-0.1, -0.05) is 0 Å². The Balaban J connectivity index is 1.54. The van der Waals surface area contributed by atoms with Crippen molar-refractivity contribution in [3.63, 3.8) is 0 Å². The Morgan fingerprint density at radius 3 is 2.33 bits per heavy atom. The Kier molecular flexibility index (Phi) is 8.55. The number of benzene rings is 1. The molecule has 1 heterocycles. The average molecular weight is 566 g/mol. The van der Waals surface area contributed by atoms with Crippen LogP contribution < -0.4 is 10.6 Å². The number of hydrogen-bond acceptors (Lipinski definition) is 4. The fourth-order valence-corrected chi connectivity index (χ4v) is 5.50. The van der Waals surface area contributed by atoms with Crippen molar-refractivity contribution in [1.82, 2.24) is 20.0 Å². The largest absolute Gasteiger partial charge is 0.406 e. The van der Waals surface area contributed by atoms with Crippen molar-refractivity contribution in [2.45, 2.75) is 71.1 Å². The minimum atomic E-state index is -4.56. The van der Waals surface area contributed by atoms with Crippen LogP contribution in [0.3, 0.4) is 0 Å². The van der Waals surface area contributed by atoms with Gasteiger partial charge in [0, 0.05) is 19.8 Å². The SMILES string of the molecule is CCn1nccc1C(=O)NC(C(=O)Nc1cc(C)c(C(C)C(=O)N(C)CC(F)(F)F)cc1F)C(C1CC1)C1CC1. The summed E-state index contributed by atoms with van der Waals surface area (Å²) in [5.74, 6) is -3.11. The molecular weight excluding hydrogens is 530 g/mol. The van der Waals surface area contributed by atoms with Crippen LogP contribution in [-0.2, 0) is 16.1 Å². The molecule has 2 unspecified atom stereocenters. The van der Waals surface area contributed by atoms with Gasteiger partial charge in [0.15, 0.2) is 0 Å². The Hall–Kier alpha value is -3.44. The van der Waals surface area contributed by atoms with E-state index in [4.69, 9.17) is 0 Å². The Morgan fingerprint density at radius 2 is 1.77 bits per heavy atom. The molecule has 1 aromatic heterocycles. The third-order valence-electron chi connectivity index (χ3n) is 7.78. The number of amides is 3. The number of carbonyl (C=O) groups is 3.